The average Bonchev–Trinajstić information content (AvgIpc) is 3.26. The Morgan fingerprint density at radius 1 is 1.25 bits per heavy atom. The van der Waals surface area contributed by atoms with E-state index in [1.807, 2.05) is 25.1 Å². The van der Waals surface area contributed by atoms with E-state index < -0.39 is 0 Å². The summed E-state index contributed by atoms with van der Waals surface area (Å²) in [6.07, 6.45) is 2.40. The molecule has 0 saturated heterocycles. The quantitative estimate of drug-likeness (QED) is 0.683. The van der Waals surface area contributed by atoms with Crippen LogP contribution in [-0.2, 0) is 11.2 Å². The molecule has 2 aromatic heterocycles. The van der Waals surface area contributed by atoms with E-state index in [2.05, 4.69) is 22.4 Å². The van der Waals surface area contributed by atoms with Gasteiger partial charge in [0.15, 0.2) is 5.76 Å². The van der Waals surface area contributed by atoms with Gasteiger partial charge in [-0.3, -0.25) is 4.79 Å². The van der Waals surface area contributed by atoms with Crippen LogP contribution in [0.15, 0.2) is 50.7 Å². The van der Waals surface area contributed by atoms with Crippen LogP contribution < -0.4 is 5.32 Å². The molecule has 6 nitrogen and oxygen atoms in total. The van der Waals surface area contributed by atoms with Crippen molar-refractivity contribution in [1.29, 1.82) is 0 Å². The fourth-order valence-electron chi connectivity index (χ4n) is 2.27. The van der Waals surface area contributed by atoms with Crippen molar-refractivity contribution in [2.75, 3.05) is 11.1 Å². The van der Waals surface area contributed by atoms with Gasteiger partial charge in [0.2, 0.25) is 5.91 Å². The molecule has 0 fully saturated rings. The van der Waals surface area contributed by atoms with Crippen LogP contribution in [0, 0.1) is 6.92 Å². The SMILES string of the molecule is CCc1cccc(C)c1NC(=O)CSc1nnc(-c2ccco2)o1. The van der Waals surface area contributed by atoms with Gasteiger partial charge in [0, 0.05) is 5.69 Å². The summed E-state index contributed by atoms with van der Waals surface area (Å²) in [7, 11) is 0. The van der Waals surface area contributed by atoms with Crippen LogP contribution in [0.25, 0.3) is 11.7 Å². The smallest absolute Gasteiger partial charge is 0.284 e. The van der Waals surface area contributed by atoms with E-state index in [-0.39, 0.29) is 11.7 Å². The van der Waals surface area contributed by atoms with Crippen molar-refractivity contribution < 1.29 is 13.6 Å². The van der Waals surface area contributed by atoms with E-state index >= 15 is 0 Å². The Kier molecular flexibility index (Phi) is 5.00. The van der Waals surface area contributed by atoms with Crippen LogP contribution in [0.2, 0.25) is 0 Å². The summed E-state index contributed by atoms with van der Waals surface area (Å²) in [4.78, 5) is 12.2. The zero-order valence-corrected chi connectivity index (χ0v) is 14.2. The van der Waals surface area contributed by atoms with Crippen LogP contribution in [0.5, 0.6) is 0 Å². The van der Waals surface area contributed by atoms with Gasteiger partial charge in [-0.2, -0.15) is 0 Å². The summed E-state index contributed by atoms with van der Waals surface area (Å²) < 4.78 is 10.7. The first kappa shape index (κ1) is 16.3. The second-order valence-corrected chi connectivity index (χ2v) is 6.08. The van der Waals surface area contributed by atoms with Crippen molar-refractivity contribution in [3.63, 3.8) is 0 Å². The highest BCUT2D eigenvalue weighted by molar-refractivity contribution is 7.99. The van der Waals surface area contributed by atoms with Gasteiger partial charge < -0.3 is 14.2 Å². The maximum Gasteiger partial charge on any atom is 0.284 e. The van der Waals surface area contributed by atoms with E-state index in [4.69, 9.17) is 8.83 Å². The van der Waals surface area contributed by atoms with Gasteiger partial charge in [-0.15, -0.1) is 10.2 Å². The summed E-state index contributed by atoms with van der Waals surface area (Å²) in [6, 6.07) is 9.47. The third-order valence-corrected chi connectivity index (χ3v) is 4.29. The number of nitrogens with zero attached hydrogens (tertiary/aromatic N) is 2. The highest BCUT2D eigenvalue weighted by atomic mass is 32.2. The molecule has 24 heavy (non-hydrogen) atoms. The summed E-state index contributed by atoms with van der Waals surface area (Å²) in [6.45, 7) is 4.04. The number of nitrogens with one attached hydrogen (secondary N) is 1. The maximum atomic E-state index is 12.2. The number of hydrogen-bond acceptors (Lipinski definition) is 6. The molecular weight excluding hydrogens is 326 g/mol. The van der Waals surface area contributed by atoms with Crippen molar-refractivity contribution in [2.24, 2.45) is 0 Å². The highest BCUT2D eigenvalue weighted by Crippen LogP contribution is 2.24. The molecule has 0 spiro atoms. The third-order valence-electron chi connectivity index (χ3n) is 3.47. The Morgan fingerprint density at radius 3 is 2.88 bits per heavy atom. The van der Waals surface area contributed by atoms with Gasteiger partial charge >= 0.3 is 0 Å². The maximum absolute atomic E-state index is 12.2. The Bertz CT molecular complexity index is 827. The number of carbonyl (C=O) groups excluding carboxylic acids is 1. The summed E-state index contributed by atoms with van der Waals surface area (Å²) in [5.41, 5.74) is 3.05. The third kappa shape index (κ3) is 3.68. The molecule has 1 N–H and O–H groups in total. The number of carbonyl (C=O) groups is 1. The monoisotopic (exact) mass is 343 g/mol. The number of thioether (sulfide) groups is 1. The molecule has 1 amide bonds. The summed E-state index contributed by atoms with van der Waals surface area (Å²) in [5.74, 6) is 0.889. The number of hydrogen-bond donors (Lipinski definition) is 1. The molecule has 0 atom stereocenters. The molecular formula is C17H17N3O3S. The Balaban J connectivity index is 1.60. The van der Waals surface area contributed by atoms with Gasteiger partial charge in [0.25, 0.3) is 11.1 Å². The number of para-hydroxylation sites is 1. The number of furan rings is 1. The lowest BCUT2D eigenvalue weighted by Gasteiger charge is -2.12. The molecule has 0 aliphatic heterocycles. The normalized spacial score (nSPS) is 10.8. The molecule has 0 unspecified atom stereocenters. The fourth-order valence-corrected chi connectivity index (χ4v) is 2.84. The predicted octanol–water partition coefficient (Wildman–Crippen LogP) is 3.93. The zero-order chi connectivity index (χ0) is 16.9. The van der Waals surface area contributed by atoms with Gasteiger partial charge in [-0.1, -0.05) is 36.9 Å². The molecule has 0 saturated carbocycles. The minimum Gasteiger partial charge on any atom is -0.459 e. The van der Waals surface area contributed by atoms with Crippen LogP contribution >= 0.6 is 11.8 Å². The van der Waals surface area contributed by atoms with Crippen LogP contribution in [0.1, 0.15) is 18.1 Å². The van der Waals surface area contributed by atoms with Gasteiger partial charge in [0.05, 0.1) is 12.0 Å². The number of rotatable bonds is 6. The van der Waals surface area contributed by atoms with Gasteiger partial charge in [-0.25, -0.2) is 0 Å². The lowest BCUT2D eigenvalue weighted by molar-refractivity contribution is -0.113. The fraction of sp³-hybridized carbons (Fsp3) is 0.235. The van der Waals surface area contributed by atoms with Crippen LogP contribution in [0.4, 0.5) is 5.69 Å². The Labute approximate surface area is 143 Å². The standard InChI is InChI=1S/C17H17N3O3S/c1-3-12-7-4-6-11(2)15(12)18-14(21)10-24-17-20-19-16(23-17)13-8-5-9-22-13/h4-9H,3,10H2,1-2H3,(H,18,21). The number of anilines is 1. The minimum absolute atomic E-state index is 0.109. The molecule has 0 bridgehead atoms. The van der Waals surface area contributed by atoms with Gasteiger partial charge in [-0.05, 0) is 36.6 Å². The molecule has 1 aromatic carbocycles. The molecule has 2 heterocycles. The van der Waals surface area contributed by atoms with E-state index in [9.17, 15) is 4.79 Å². The summed E-state index contributed by atoms with van der Waals surface area (Å²) >= 11 is 1.19. The highest BCUT2D eigenvalue weighted by Gasteiger charge is 2.14. The van der Waals surface area contributed by atoms with E-state index in [1.54, 1.807) is 12.1 Å². The van der Waals surface area contributed by atoms with Crippen molar-refractivity contribution in [3.05, 3.63) is 47.7 Å². The first-order chi connectivity index (χ1) is 11.7. The first-order valence-electron chi connectivity index (χ1n) is 7.56. The molecule has 0 aliphatic carbocycles. The predicted molar refractivity (Wildman–Crippen MR) is 91.9 cm³/mol. The Morgan fingerprint density at radius 2 is 2.12 bits per heavy atom. The lowest BCUT2D eigenvalue weighted by Crippen LogP contribution is -2.16. The second-order valence-electron chi connectivity index (χ2n) is 5.15. The summed E-state index contributed by atoms with van der Waals surface area (Å²) in [5, 5.41) is 11.1. The largest absolute Gasteiger partial charge is 0.459 e. The van der Waals surface area contributed by atoms with Gasteiger partial charge in [0.1, 0.15) is 0 Å². The van der Waals surface area contributed by atoms with Crippen molar-refractivity contribution >= 4 is 23.4 Å². The molecule has 124 valence electrons. The number of aryl methyl sites for hydroxylation is 2. The first-order valence-corrected chi connectivity index (χ1v) is 8.54. The molecule has 0 aliphatic rings. The minimum atomic E-state index is -0.109. The lowest BCUT2D eigenvalue weighted by atomic mass is 10.1. The van der Waals surface area contributed by atoms with E-state index in [0.717, 1.165) is 23.2 Å². The van der Waals surface area contributed by atoms with Crippen molar-refractivity contribution in [3.8, 4) is 11.7 Å². The van der Waals surface area contributed by atoms with E-state index in [0.29, 0.717) is 16.9 Å². The molecule has 0 radical (unpaired) electrons. The Hall–Kier alpha value is -2.54. The molecule has 7 heteroatoms. The number of benzene rings is 1. The van der Waals surface area contributed by atoms with Crippen molar-refractivity contribution in [1.82, 2.24) is 10.2 Å². The molecule has 3 rings (SSSR count). The number of aromatic nitrogens is 2. The van der Waals surface area contributed by atoms with Crippen molar-refractivity contribution in [2.45, 2.75) is 25.5 Å². The topological polar surface area (TPSA) is 81.2 Å². The van der Waals surface area contributed by atoms with E-state index in [1.165, 1.54) is 18.0 Å². The molecule has 3 aromatic rings. The zero-order valence-electron chi connectivity index (χ0n) is 13.4. The second kappa shape index (κ2) is 7.35. The van der Waals surface area contributed by atoms with Crippen LogP contribution in [0.3, 0.4) is 0 Å². The van der Waals surface area contributed by atoms with Crippen LogP contribution in [-0.4, -0.2) is 21.9 Å². The average molecular weight is 343 g/mol. The number of amides is 1.